The molecule has 6 rings (SSSR count). The highest BCUT2D eigenvalue weighted by molar-refractivity contribution is 7.15. The van der Waals surface area contributed by atoms with Crippen LogP contribution in [0.15, 0.2) is 76.7 Å². The third kappa shape index (κ3) is 3.00. The second-order valence-corrected chi connectivity index (χ2v) is 8.54. The number of nitrogens with zero attached hydrogens (tertiary/aromatic N) is 4. The molecule has 5 heterocycles. The van der Waals surface area contributed by atoms with Crippen LogP contribution in [-0.2, 0) is 0 Å². The number of nitrogens with one attached hydrogen (secondary N) is 1. The van der Waals surface area contributed by atoms with Crippen molar-refractivity contribution >= 4 is 33.3 Å². The van der Waals surface area contributed by atoms with Crippen molar-refractivity contribution in [3.8, 4) is 33.2 Å². The van der Waals surface area contributed by atoms with E-state index in [4.69, 9.17) is 9.40 Å². The summed E-state index contributed by atoms with van der Waals surface area (Å²) in [4.78, 5) is 35.1. The average molecular weight is 437 g/mol. The van der Waals surface area contributed by atoms with E-state index < -0.39 is 0 Å². The molecular formula is C24H15N5O2S. The Morgan fingerprint density at radius 3 is 2.78 bits per heavy atom. The van der Waals surface area contributed by atoms with Crippen molar-refractivity contribution in [2.24, 2.45) is 0 Å². The second kappa shape index (κ2) is 7.21. The minimum absolute atomic E-state index is 0.190. The zero-order valence-corrected chi connectivity index (χ0v) is 17.7. The van der Waals surface area contributed by atoms with Gasteiger partial charge >= 0.3 is 0 Å². The Morgan fingerprint density at radius 2 is 1.97 bits per heavy atom. The second-order valence-electron chi connectivity index (χ2n) is 7.30. The zero-order valence-electron chi connectivity index (χ0n) is 16.9. The van der Waals surface area contributed by atoms with Crippen molar-refractivity contribution in [3.05, 3.63) is 82.7 Å². The third-order valence-electron chi connectivity index (χ3n) is 5.30. The van der Waals surface area contributed by atoms with Gasteiger partial charge in [0.2, 0.25) is 11.3 Å². The molecule has 0 saturated carbocycles. The molecular weight excluding hydrogens is 422 g/mol. The Hall–Kier alpha value is -4.17. The largest absolute Gasteiger partial charge is 0.444 e. The zero-order chi connectivity index (χ0) is 21.7. The molecule has 1 aromatic carbocycles. The highest BCUT2D eigenvalue weighted by atomic mass is 32.1. The van der Waals surface area contributed by atoms with Gasteiger partial charge in [0.1, 0.15) is 17.5 Å². The molecule has 0 saturated heterocycles. The number of pyridine rings is 3. The summed E-state index contributed by atoms with van der Waals surface area (Å²) in [5.41, 5.74) is 4.14. The molecule has 32 heavy (non-hydrogen) atoms. The first-order valence-corrected chi connectivity index (χ1v) is 10.7. The van der Waals surface area contributed by atoms with Crippen LogP contribution in [0.1, 0.15) is 5.01 Å². The van der Waals surface area contributed by atoms with E-state index in [1.165, 1.54) is 12.5 Å². The first-order valence-electron chi connectivity index (χ1n) is 9.91. The molecule has 7 nitrogen and oxygen atoms in total. The molecule has 0 radical (unpaired) electrons. The molecule has 1 N–H and O–H groups in total. The van der Waals surface area contributed by atoms with Crippen LogP contribution >= 0.6 is 11.3 Å². The predicted octanol–water partition coefficient (Wildman–Crippen LogP) is 5.23. The van der Waals surface area contributed by atoms with Crippen LogP contribution in [0, 0.1) is 6.92 Å². The molecule has 0 amide bonds. The van der Waals surface area contributed by atoms with Crippen molar-refractivity contribution < 1.29 is 4.42 Å². The van der Waals surface area contributed by atoms with E-state index in [0.717, 1.165) is 37.6 Å². The molecule has 0 spiro atoms. The summed E-state index contributed by atoms with van der Waals surface area (Å²) in [6, 6.07) is 11.9. The maximum absolute atomic E-state index is 13.3. The van der Waals surface area contributed by atoms with Crippen molar-refractivity contribution in [2.75, 3.05) is 0 Å². The number of fused-ring (bicyclic) bond motifs is 2. The number of oxazole rings is 1. The molecule has 6 aromatic rings. The van der Waals surface area contributed by atoms with Crippen LogP contribution < -0.4 is 5.43 Å². The number of aryl methyl sites for hydroxylation is 1. The SMILES string of the molecule is Cc1ncc(-c2nc3[nH]cc(-c4ncco4)c(=O)c3cc2-c2ccc3ncccc3c2)s1. The lowest BCUT2D eigenvalue weighted by Crippen LogP contribution is -2.08. The van der Waals surface area contributed by atoms with E-state index in [1.54, 1.807) is 23.7 Å². The van der Waals surface area contributed by atoms with E-state index in [-0.39, 0.29) is 11.3 Å². The van der Waals surface area contributed by atoms with Crippen LogP contribution in [0.3, 0.4) is 0 Å². The first kappa shape index (κ1) is 18.6. The van der Waals surface area contributed by atoms with Crippen molar-refractivity contribution in [1.29, 1.82) is 0 Å². The number of aromatic nitrogens is 5. The summed E-state index contributed by atoms with van der Waals surface area (Å²) >= 11 is 1.56. The van der Waals surface area contributed by atoms with Gasteiger partial charge in [-0.1, -0.05) is 12.1 Å². The summed E-state index contributed by atoms with van der Waals surface area (Å²) < 4.78 is 5.34. The van der Waals surface area contributed by atoms with Gasteiger partial charge in [0.05, 0.1) is 32.7 Å². The lowest BCUT2D eigenvalue weighted by atomic mass is 9.99. The Balaban J connectivity index is 1.66. The third-order valence-corrected chi connectivity index (χ3v) is 6.22. The lowest BCUT2D eigenvalue weighted by molar-refractivity contribution is 0.574. The Morgan fingerprint density at radius 1 is 1.03 bits per heavy atom. The number of aromatic amines is 1. The Bertz CT molecular complexity index is 1670. The number of rotatable bonds is 3. The molecule has 0 unspecified atom stereocenters. The van der Waals surface area contributed by atoms with Crippen LogP contribution in [0.2, 0.25) is 0 Å². The van der Waals surface area contributed by atoms with Gasteiger partial charge in [0.25, 0.3) is 0 Å². The monoisotopic (exact) mass is 437 g/mol. The van der Waals surface area contributed by atoms with Gasteiger partial charge in [0.15, 0.2) is 0 Å². The first-order chi connectivity index (χ1) is 15.7. The fourth-order valence-electron chi connectivity index (χ4n) is 3.78. The lowest BCUT2D eigenvalue weighted by Gasteiger charge is -2.11. The molecule has 0 bridgehead atoms. The quantitative estimate of drug-likeness (QED) is 0.407. The van der Waals surface area contributed by atoms with E-state index in [0.29, 0.717) is 16.6 Å². The van der Waals surface area contributed by atoms with E-state index in [9.17, 15) is 4.79 Å². The summed E-state index contributed by atoms with van der Waals surface area (Å²) in [6.45, 7) is 1.96. The summed E-state index contributed by atoms with van der Waals surface area (Å²) in [7, 11) is 0. The summed E-state index contributed by atoms with van der Waals surface area (Å²) in [5, 5.41) is 2.43. The van der Waals surface area contributed by atoms with E-state index in [1.807, 2.05) is 43.5 Å². The smallest absolute Gasteiger partial charge is 0.231 e. The highest BCUT2D eigenvalue weighted by Gasteiger charge is 2.18. The van der Waals surface area contributed by atoms with Crippen LogP contribution in [0.25, 0.3) is 55.1 Å². The molecule has 0 aliphatic carbocycles. The van der Waals surface area contributed by atoms with E-state index >= 15 is 0 Å². The van der Waals surface area contributed by atoms with Gasteiger partial charge in [-0.3, -0.25) is 9.78 Å². The fraction of sp³-hybridized carbons (Fsp3) is 0.0417. The Labute approximate surface area is 185 Å². The minimum atomic E-state index is -0.190. The Kier molecular flexibility index (Phi) is 4.19. The number of hydrogen-bond donors (Lipinski definition) is 1. The van der Waals surface area contributed by atoms with Gasteiger partial charge in [-0.25, -0.2) is 15.0 Å². The number of thiazole rings is 1. The van der Waals surface area contributed by atoms with Crippen molar-refractivity contribution in [1.82, 2.24) is 24.9 Å². The highest BCUT2D eigenvalue weighted by Crippen LogP contribution is 2.36. The maximum Gasteiger partial charge on any atom is 0.231 e. The topological polar surface area (TPSA) is 97.6 Å². The molecule has 0 aliphatic heterocycles. The molecule has 0 aliphatic rings. The maximum atomic E-state index is 13.3. The van der Waals surface area contributed by atoms with Gasteiger partial charge in [-0.2, -0.15) is 0 Å². The van der Waals surface area contributed by atoms with E-state index in [2.05, 4.69) is 26.0 Å². The average Bonchev–Trinajstić information content (AvgIpc) is 3.50. The number of benzene rings is 1. The van der Waals surface area contributed by atoms with Crippen LogP contribution in [0.5, 0.6) is 0 Å². The van der Waals surface area contributed by atoms with Gasteiger partial charge in [-0.15, -0.1) is 11.3 Å². The van der Waals surface area contributed by atoms with Gasteiger partial charge < -0.3 is 9.40 Å². The molecule has 0 atom stereocenters. The van der Waals surface area contributed by atoms with Crippen molar-refractivity contribution in [2.45, 2.75) is 6.92 Å². The van der Waals surface area contributed by atoms with Crippen LogP contribution in [0.4, 0.5) is 0 Å². The minimum Gasteiger partial charge on any atom is -0.444 e. The summed E-state index contributed by atoms with van der Waals surface area (Å²) in [6.07, 6.45) is 8.14. The fourth-order valence-corrected chi connectivity index (χ4v) is 4.57. The van der Waals surface area contributed by atoms with Crippen LogP contribution in [-0.4, -0.2) is 24.9 Å². The number of H-pyrrole nitrogens is 1. The molecule has 8 heteroatoms. The normalized spacial score (nSPS) is 11.4. The van der Waals surface area contributed by atoms with Gasteiger partial charge in [-0.05, 0) is 36.8 Å². The molecule has 0 fully saturated rings. The molecule has 154 valence electrons. The standard InChI is InChI=1S/C24H15N5O2S/c1-13-27-12-20(32-13)21-16(14-4-5-19-15(9-14)3-2-6-25-19)10-17-22(30)18(11-28-23(17)29-21)24-26-7-8-31-24/h2-12H,1H3,(H,28,29,30). The van der Waals surface area contributed by atoms with Crippen molar-refractivity contribution in [3.63, 3.8) is 0 Å². The predicted molar refractivity (Wildman–Crippen MR) is 124 cm³/mol. The summed E-state index contributed by atoms with van der Waals surface area (Å²) in [5.74, 6) is 0.272. The number of hydrogen-bond acceptors (Lipinski definition) is 7. The van der Waals surface area contributed by atoms with Gasteiger partial charge in [0, 0.05) is 29.5 Å². The molecule has 5 aromatic heterocycles.